The van der Waals surface area contributed by atoms with E-state index >= 15 is 0 Å². The summed E-state index contributed by atoms with van der Waals surface area (Å²) in [7, 11) is 0. The first-order valence-corrected chi connectivity index (χ1v) is 10.9. The highest BCUT2D eigenvalue weighted by atomic mass is 16.4. The number of ketones is 1. The highest BCUT2D eigenvalue weighted by Crippen LogP contribution is 2.67. The van der Waals surface area contributed by atoms with Crippen LogP contribution in [0, 0.1) is 40.4 Å². The minimum Gasteiger partial charge on any atom is -0.481 e. The van der Waals surface area contributed by atoms with Gasteiger partial charge < -0.3 is 5.11 Å². The highest BCUT2D eigenvalue weighted by Gasteiger charge is 2.60. The Morgan fingerprint density at radius 3 is 2.12 bits per heavy atom. The minimum absolute atomic E-state index is 0.338. The molecule has 1 unspecified atom stereocenters. The van der Waals surface area contributed by atoms with Crippen molar-refractivity contribution in [1.29, 1.82) is 0 Å². The summed E-state index contributed by atoms with van der Waals surface area (Å²) in [6.07, 6.45) is 14.1. The number of carbonyl (C=O) groups excluding carboxylic acids is 1. The zero-order chi connectivity index (χ0) is 19.1. The maximum Gasteiger partial charge on any atom is 0.300 e. The molecule has 7 atom stereocenters. The van der Waals surface area contributed by atoms with E-state index in [1.165, 1.54) is 64.2 Å². The Kier molecular flexibility index (Phi) is 5.57. The average Bonchev–Trinajstić information content (AvgIpc) is 2.91. The van der Waals surface area contributed by atoms with E-state index in [2.05, 4.69) is 13.8 Å². The van der Waals surface area contributed by atoms with Gasteiger partial charge in [-0.3, -0.25) is 9.59 Å². The molecule has 0 saturated heterocycles. The Balaban J connectivity index is 0.000000447. The molecule has 0 aliphatic heterocycles. The molecule has 3 heteroatoms. The third-order valence-corrected chi connectivity index (χ3v) is 9.07. The van der Waals surface area contributed by atoms with Crippen LogP contribution >= 0.6 is 0 Å². The number of hydrogen-bond donors (Lipinski definition) is 1. The molecule has 0 spiro atoms. The third-order valence-electron chi connectivity index (χ3n) is 9.07. The van der Waals surface area contributed by atoms with E-state index in [-0.39, 0.29) is 0 Å². The van der Waals surface area contributed by atoms with Gasteiger partial charge in [0.15, 0.2) is 0 Å². The molecule has 148 valence electrons. The van der Waals surface area contributed by atoms with Gasteiger partial charge in [0.25, 0.3) is 5.97 Å². The second kappa shape index (κ2) is 7.28. The fraction of sp³-hybridized carbons (Fsp3) is 0.913. The van der Waals surface area contributed by atoms with Crippen LogP contribution in [0.1, 0.15) is 91.9 Å². The van der Waals surface area contributed by atoms with Crippen molar-refractivity contribution in [2.24, 2.45) is 40.4 Å². The van der Waals surface area contributed by atoms with Crippen LogP contribution in [0.2, 0.25) is 0 Å². The molecule has 0 heterocycles. The number of fused-ring (bicyclic) bond motifs is 5. The van der Waals surface area contributed by atoms with E-state index in [1.54, 1.807) is 0 Å². The van der Waals surface area contributed by atoms with Crippen molar-refractivity contribution in [3.8, 4) is 0 Å². The number of hydrogen-bond acceptors (Lipinski definition) is 2. The van der Waals surface area contributed by atoms with Crippen molar-refractivity contribution in [3.63, 3.8) is 0 Å². The van der Waals surface area contributed by atoms with Crippen molar-refractivity contribution >= 4 is 11.8 Å². The normalized spacial score (nSPS) is 46.8. The quantitative estimate of drug-likeness (QED) is 0.649. The van der Waals surface area contributed by atoms with Crippen LogP contribution in [0.4, 0.5) is 0 Å². The Hall–Kier alpha value is -0.860. The van der Waals surface area contributed by atoms with Crippen molar-refractivity contribution < 1.29 is 14.7 Å². The van der Waals surface area contributed by atoms with Gasteiger partial charge in [-0.15, -0.1) is 0 Å². The lowest BCUT2D eigenvalue weighted by Gasteiger charge is -2.60. The van der Waals surface area contributed by atoms with E-state index < -0.39 is 5.97 Å². The van der Waals surface area contributed by atoms with E-state index in [9.17, 15) is 4.79 Å². The molecular formula is C23H38O3. The topological polar surface area (TPSA) is 54.4 Å². The fourth-order valence-corrected chi connectivity index (χ4v) is 7.96. The van der Waals surface area contributed by atoms with Crippen LogP contribution < -0.4 is 0 Å². The Labute approximate surface area is 159 Å². The molecule has 0 aromatic rings. The van der Waals surface area contributed by atoms with E-state index in [4.69, 9.17) is 9.90 Å². The average molecular weight is 363 g/mol. The Bertz CT molecular complexity index is 552. The molecule has 0 bridgehead atoms. The van der Waals surface area contributed by atoms with Crippen LogP contribution in [0.15, 0.2) is 0 Å². The molecule has 4 aliphatic rings. The van der Waals surface area contributed by atoms with Crippen LogP contribution in [-0.2, 0) is 9.59 Å². The zero-order valence-electron chi connectivity index (χ0n) is 17.2. The molecule has 4 fully saturated rings. The summed E-state index contributed by atoms with van der Waals surface area (Å²) >= 11 is 0. The Morgan fingerprint density at radius 2 is 1.46 bits per heavy atom. The number of aliphatic carboxylic acids is 1. The van der Waals surface area contributed by atoms with Crippen LogP contribution in [0.3, 0.4) is 0 Å². The number of carboxylic acid groups (broad SMARTS) is 1. The highest BCUT2D eigenvalue weighted by molar-refractivity contribution is 5.79. The first-order valence-electron chi connectivity index (χ1n) is 10.9. The molecule has 4 aliphatic carbocycles. The van der Waals surface area contributed by atoms with Crippen LogP contribution in [0.5, 0.6) is 0 Å². The molecule has 0 aromatic carbocycles. The van der Waals surface area contributed by atoms with Crippen molar-refractivity contribution in [2.75, 3.05) is 0 Å². The molecule has 26 heavy (non-hydrogen) atoms. The van der Waals surface area contributed by atoms with Gasteiger partial charge in [0.2, 0.25) is 0 Å². The number of carboxylic acids is 1. The van der Waals surface area contributed by atoms with Gasteiger partial charge in [0, 0.05) is 12.8 Å². The van der Waals surface area contributed by atoms with Crippen LogP contribution in [0.25, 0.3) is 0 Å². The van der Waals surface area contributed by atoms with Gasteiger partial charge in [-0.1, -0.05) is 26.7 Å². The summed E-state index contributed by atoms with van der Waals surface area (Å²) in [6.45, 7) is 8.06. The van der Waals surface area contributed by atoms with Gasteiger partial charge in [-0.2, -0.15) is 0 Å². The summed E-state index contributed by atoms with van der Waals surface area (Å²) in [4.78, 5) is 21.2. The molecule has 0 aromatic heterocycles. The number of Topliss-reactive ketones (excluding diaryl/α,β-unsaturated/α-hetero) is 1. The second-order valence-electron chi connectivity index (χ2n) is 10.2. The maximum atomic E-state index is 12.2. The van der Waals surface area contributed by atoms with E-state index in [0.717, 1.165) is 30.6 Å². The lowest BCUT2D eigenvalue weighted by molar-refractivity contribution is -0.134. The zero-order valence-corrected chi connectivity index (χ0v) is 17.2. The first-order chi connectivity index (χ1) is 12.2. The smallest absolute Gasteiger partial charge is 0.300 e. The molecule has 1 N–H and O–H groups in total. The fourth-order valence-electron chi connectivity index (χ4n) is 7.96. The largest absolute Gasteiger partial charge is 0.481 e. The lowest BCUT2D eigenvalue weighted by atomic mass is 9.45. The van der Waals surface area contributed by atoms with Crippen LogP contribution in [-0.4, -0.2) is 16.9 Å². The molecular weight excluding hydrogens is 324 g/mol. The molecule has 3 nitrogen and oxygen atoms in total. The first kappa shape index (κ1) is 19.9. The molecule has 4 rings (SSSR count). The molecule has 4 saturated carbocycles. The summed E-state index contributed by atoms with van der Waals surface area (Å²) in [6, 6.07) is 0. The summed E-state index contributed by atoms with van der Waals surface area (Å²) in [5, 5.41) is 7.42. The maximum absolute atomic E-state index is 12.2. The molecule has 0 radical (unpaired) electrons. The number of carbonyl (C=O) groups is 2. The second-order valence-corrected chi connectivity index (χ2v) is 10.2. The van der Waals surface area contributed by atoms with E-state index in [0.29, 0.717) is 22.5 Å². The standard InChI is InChI=1S/C21H34O.C2H4O2/c1-14(22)17-9-10-18-16-8-7-15-6-4-5-12-20(15,2)19(16)11-13-21(17,18)3;1-2(3)4/h15-19H,4-13H2,1-3H3;1H3,(H,3,4)/t15?,16-,17+,18-,19-,20-,21+;/m0./s1. The van der Waals surface area contributed by atoms with Gasteiger partial charge in [-0.25, -0.2) is 0 Å². The van der Waals surface area contributed by atoms with Crippen molar-refractivity contribution in [1.82, 2.24) is 0 Å². The predicted octanol–water partition coefficient (Wildman–Crippen LogP) is 5.72. The third kappa shape index (κ3) is 3.24. The Morgan fingerprint density at radius 1 is 0.808 bits per heavy atom. The summed E-state index contributed by atoms with van der Waals surface area (Å²) < 4.78 is 0. The van der Waals surface area contributed by atoms with Gasteiger partial charge in [0.05, 0.1) is 0 Å². The number of rotatable bonds is 1. The summed E-state index contributed by atoms with van der Waals surface area (Å²) in [5.41, 5.74) is 0.974. The summed E-state index contributed by atoms with van der Waals surface area (Å²) in [5.74, 6) is 3.77. The monoisotopic (exact) mass is 362 g/mol. The van der Waals surface area contributed by atoms with Gasteiger partial charge >= 0.3 is 0 Å². The van der Waals surface area contributed by atoms with Crippen molar-refractivity contribution in [2.45, 2.75) is 91.9 Å². The van der Waals surface area contributed by atoms with Gasteiger partial charge in [-0.05, 0) is 92.8 Å². The van der Waals surface area contributed by atoms with Crippen molar-refractivity contribution in [3.05, 3.63) is 0 Å². The van der Waals surface area contributed by atoms with Gasteiger partial charge in [0.1, 0.15) is 5.78 Å². The van der Waals surface area contributed by atoms with E-state index in [1.807, 2.05) is 6.92 Å². The SMILES string of the molecule is CC(=O)O.CC(=O)[C@H]1CC[C@H]2[C@@H]3CCC4CCCC[C@]4(C)[C@H]3CC[C@]12C. The predicted molar refractivity (Wildman–Crippen MR) is 104 cm³/mol. The molecule has 0 amide bonds. The minimum atomic E-state index is -0.833. The lowest BCUT2D eigenvalue weighted by Crippen LogP contribution is -2.53.